The van der Waals surface area contributed by atoms with Crippen molar-refractivity contribution in [2.24, 2.45) is 0 Å². The number of anilines is 1. The van der Waals surface area contributed by atoms with Crippen LogP contribution in [0.5, 0.6) is 5.75 Å². The van der Waals surface area contributed by atoms with Gasteiger partial charge in [0.2, 0.25) is 0 Å². The Balaban J connectivity index is 1.55. The number of hydrogen-bond acceptors (Lipinski definition) is 6. The first kappa shape index (κ1) is 21.9. The number of fused-ring (bicyclic) bond motifs is 2. The molecule has 2 fully saturated rings. The molecule has 2 aromatic carbocycles. The maximum atomic E-state index is 14.2. The molecule has 35 heavy (non-hydrogen) atoms. The second-order valence-electron chi connectivity index (χ2n) is 8.99. The lowest BCUT2D eigenvalue weighted by Gasteiger charge is -2.43. The predicted molar refractivity (Wildman–Crippen MR) is 130 cm³/mol. The molecule has 0 radical (unpaired) electrons. The Bertz CT molecular complexity index is 1390. The summed E-state index contributed by atoms with van der Waals surface area (Å²) >= 11 is 0. The van der Waals surface area contributed by atoms with E-state index in [0.29, 0.717) is 30.0 Å². The van der Waals surface area contributed by atoms with Crippen LogP contribution in [0.1, 0.15) is 6.42 Å². The minimum Gasteiger partial charge on any atom is -0.506 e. The number of benzene rings is 2. The average molecular weight is 475 g/mol. The number of nitrogens with one attached hydrogen (secondary N) is 1. The molecule has 4 heterocycles. The van der Waals surface area contributed by atoms with E-state index in [9.17, 15) is 13.9 Å². The molecule has 2 unspecified atom stereocenters. The maximum absolute atomic E-state index is 14.2. The fourth-order valence-corrected chi connectivity index (χ4v) is 5.18. The van der Waals surface area contributed by atoms with Gasteiger partial charge in [0.1, 0.15) is 23.1 Å². The summed E-state index contributed by atoms with van der Waals surface area (Å²) < 4.78 is 34.5. The third-order valence-corrected chi connectivity index (χ3v) is 6.79. The fraction of sp³-hybridized carbons (Fsp3) is 0.259. The summed E-state index contributed by atoms with van der Waals surface area (Å²) in [4.78, 5) is 11.2. The molecule has 6 rings (SSSR count). The van der Waals surface area contributed by atoms with Gasteiger partial charge in [-0.15, -0.1) is 0 Å². The van der Waals surface area contributed by atoms with E-state index in [-0.39, 0.29) is 17.9 Å². The van der Waals surface area contributed by atoms with Crippen molar-refractivity contribution in [2.45, 2.75) is 18.6 Å². The number of piperidine rings is 1. The van der Waals surface area contributed by atoms with Crippen LogP contribution >= 0.6 is 0 Å². The van der Waals surface area contributed by atoms with Crippen LogP contribution in [0, 0.1) is 11.6 Å². The molecule has 0 bridgehead atoms. The van der Waals surface area contributed by atoms with Crippen LogP contribution < -0.4 is 10.2 Å². The number of aromatic hydroxyl groups is 1. The van der Waals surface area contributed by atoms with E-state index in [1.807, 2.05) is 18.2 Å². The molecule has 2 saturated heterocycles. The minimum atomic E-state index is -0.642. The Labute approximate surface area is 201 Å². The number of pyridine rings is 2. The van der Waals surface area contributed by atoms with Gasteiger partial charge < -0.3 is 20.1 Å². The monoisotopic (exact) mass is 474 g/mol. The van der Waals surface area contributed by atoms with E-state index in [1.165, 1.54) is 12.1 Å². The van der Waals surface area contributed by atoms with Gasteiger partial charge in [0.15, 0.2) is 0 Å². The van der Waals surface area contributed by atoms with Crippen LogP contribution in [-0.4, -0.2) is 53.5 Å². The van der Waals surface area contributed by atoms with Crippen LogP contribution in [0.4, 0.5) is 14.5 Å². The van der Waals surface area contributed by atoms with Crippen LogP contribution in [0.3, 0.4) is 0 Å². The summed E-state index contributed by atoms with van der Waals surface area (Å²) in [5, 5.41) is 14.7. The second-order valence-corrected chi connectivity index (χ2v) is 8.99. The van der Waals surface area contributed by atoms with Crippen LogP contribution in [-0.2, 0) is 4.74 Å². The fourth-order valence-electron chi connectivity index (χ4n) is 5.18. The van der Waals surface area contributed by atoms with Crippen molar-refractivity contribution in [1.82, 2.24) is 15.3 Å². The van der Waals surface area contributed by atoms with E-state index in [2.05, 4.69) is 20.2 Å². The topological polar surface area (TPSA) is 70.5 Å². The molecule has 2 aliphatic heterocycles. The van der Waals surface area contributed by atoms with Crippen molar-refractivity contribution in [3.63, 3.8) is 0 Å². The van der Waals surface area contributed by atoms with Crippen molar-refractivity contribution < 1.29 is 18.6 Å². The number of rotatable bonds is 3. The lowest BCUT2D eigenvalue weighted by Crippen LogP contribution is -2.57. The van der Waals surface area contributed by atoms with Gasteiger partial charge in [0.25, 0.3) is 0 Å². The highest BCUT2D eigenvalue weighted by molar-refractivity contribution is 6.01. The first-order valence-electron chi connectivity index (χ1n) is 11.7. The van der Waals surface area contributed by atoms with Crippen molar-refractivity contribution in [3.8, 4) is 28.1 Å². The Morgan fingerprint density at radius 2 is 1.89 bits per heavy atom. The van der Waals surface area contributed by atoms with Gasteiger partial charge in [-0.25, -0.2) is 8.78 Å². The van der Waals surface area contributed by atoms with Gasteiger partial charge in [-0.1, -0.05) is 6.07 Å². The highest BCUT2D eigenvalue weighted by Gasteiger charge is 2.33. The van der Waals surface area contributed by atoms with Gasteiger partial charge in [-0.2, -0.15) is 0 Å². The standard InChI is InChI=1S/C27H24F2N4O2/c28-18-10-17(11-19(29)13-18)21-14-32-22-4-3-16(26-24(34)2-1-6-31-26)12-20(22)27(21)33-8-5-23-25(15-33)35-9-7-30-23/h1-4,6,10-14,23,25,30,34H,5,7-9,15H2. The highest BCUT2D eigenvalue weighted by Crippen LogP contribution is 2.40. The van der Waals surface area contributed by atoms with Gasteiger partial charge in [-0.05, 0) is 48.4 Å². The molecule has 2 aromatic heterocycles. The van der Waals surface area contributed by atoms with E-state index >= 15 is 0 Å². The normalized spacial score (nSPS) is 20.1. The number of halogens is 2. The number of aromatic nitrogens is 2. The molecule has 2 aliphatic rings. The summed E-state index contributed by atoms with van der Waals surface area (Å²) in [7, 11) is 0. The molecule has 0 spiro atoms. The number of ether oxygens (including phenoxy) is 1. The summed E-state index contributed by atoms with van der Waals surface area (Å²) in [6.45, 7) is 2.88. The smallest absolute Gasteiger partial charge is 0.141 e. The van der Waals surface area contributed by atoms with Crippen LogP contribution in [0.25, 0.3) is 33.3 Å². The molecule has 2 atom stereocenters. The van der Waals surface area contributed by atoms with Crippen molar-refractivity contribution in [2.75, 3.05) is 31.1 Å². The third kappa shape index (κ3) is 4.09. The number of morpholine rings is 1. The molecule has 0 aliphatic carbocycles. The summed E-state index contributed by atoms with van der Waals surface area (Å²) in [5.74, 6) is -1.21. The Morgan fingerprint density at radius 1 is 1.03 bits per heavy atom. The van der Waals surface area contributed by atoms with Crippen molar-refractivity contribution in [1.29, 1.82) is 0 Å². The largest absolute Gasteiger partial charge is 0.506 e. The first-order chi connectivity index (χ1) is 17.1. The molecule has 6 nitrogen and oxygen atoms in total. The molecule has 2 N–H and O–H groups in total. The van der Waals surface area contributed by atoms with Gasteiger partial charge >= 0.3 is 0 Å². The Hall–Kier alpha value is -3.62. The molecule has 178 valence electrons. The third-order valence-electron chi connectivity index (χ3n) is 6.79. The summed E-state index contributed by atoms with van der Waals surface area (Å²) in [6.07, 6.45) is 4.20. The molecule has 0 amide bonds. The lowest BCUT2D eigenvalue weighted by molar-refractivity contribution is -0.00896. The first-order valence-corrected chi connectivity index (χ1v) is 11.7. The summed E-state index contributed by atoms with van der Waals surface area (Å²) in [5.41, 5.74) is 3.82. The van der Waals surface area contributed by atoms with Crippen LogP contribution in [0.2, 0.25) is 0 Å². The second kappa shape index (κ2) is 8.87. The van der Waals surface area contributed by atoms with Gasteiger partial charge in [-0.3, -0.25) is 9.97 Å². The van der Waals surface area contributed by atoms with Gasteiger partial charge in [0, 0.05) is 60.6 Å². The Kier molecular flexibility index (Phi) is 5.54. The van der Waals surface area contributed by atoms with Crippen LogP contribution in [0.15, 0.2) is 60.9 Å². The zero-order valence-corrected chi connectivity index (χ0v) is 18.9. The van der Waals surface area contributed by atoms with E-state index in [1.54, 1.807) is 24.5 Å². The SMILES string of the molecule is Oc1cccnc1-c1ccc2ncc(-c3cc(F)cc(F)c3)c(N3CCC4NCCOC4C3)c2c1. The molecule has 4 aromatic rings. The minimum absolute atomic E-state index is 0.0147. The predicted octanol–water partition coefficient (Wildman–Crippen LogP) is 4.51. The molecular formula is C27H24F2N4O2. The maximum Gasteiger partial charge on any atom is 0.141 e. The van der Waals surface area contributed by atoms with E-state index < -0.39 is 11.6 Å². The van der Waals surface area contributed by atoms with Gasteiger partial charge in [0.05, 0.1) is 23.9 Å². The zero-order valence-electron chi connectivity index (χ0n) is 18.9. The molecule has 0 saturated carbocycles. The molecule has 8 heteroatoms. The highest BCUT2D eigenvalue weighted by atomic mass is 19.1. The number of hydrogen-bond donors (Lipinski definition) is 2. The number of nitrogens with zero attached hydrogens (tertiary/aromatic N) is 3. The van der Waals surface area contributed by atoms with E-state index in [4.69, 9.17) is 4.74 Å². The summed E-state index contributed by atoms with van der Waals surface area (Å²) in [6, 6.07) is 12.8. The van der Waals surface area contributed by atoms with E-state index in [0.717, 1.165) is 47.7 Å². The molecular weight excluding hydrogens is 450 g/mol. The van der Waals surface area contributed by atoms with Crippen molar-refractivity contribution >= 4 is 16.6 Å². The lowest BCUT2D eigenvalue weighted by atomic mass is 9.95. The van der Waals surface area contributed by atoms with Crippen molar-refractivity contribution in [3.05, 3.63) is 72.6 Å². The average Bonchev–Trinajstić information content (AvgIpc) is 2.87. The Morgan fingerprint density at radius 3 is 2.71 bits per heavy atom. The quantitative estimate of drug-likeness (QED) is 0.455. The zero-order chi connectivity index (χ0) is 23.9.